The number of halogens is 3. The van der Waals surface area contributed by atoms with Crippen molar-refractivity contribution in [3.05, 3.63) is 12.4 Å². The fourth-order valence-corrected chi connectivity index (χ4v) is 2.24. The second kappa shape index (κ2) is 6.80. The Labute approximate surface area is 125 Å². The number of piperidine rings is 1. The molecule has 2 rings (SSSR count). The van der Waals surface area contributed by atoms with Gasteiger partial charge in [-0.15, -0.1) is 0 Å². The molecule has 9 heteroatoms. The van der Waals surface area contributed by atoms with E-state index in [4.69, 9.17) is 9.47 Å². The van der Waals surface area contributed by atoms with Gasteiger partial charge in [0.1, 0.15) is 12.5 Å². The molecule has 1 amide bonds. The van der Waals surface area contributed by atoms with Crippen molar-refractivity contribution in [2.45, 2.75) is 31.5 Å². The van der Waals surface area contributed by atoms with Crippen LogP contribution in [0.1, 0.15) is 19.3 Å². The summed E-state index contributed by atoms with van der Waals surface area (Å²) in [6.07, 6.45) is -2.34. The van der Waals surface area contributed by atoms with Crippen molar-refractivity contribution in [3.8, 4) is 11.8 Å². The highest BCUT2D eigenvalue weighted by Gasteiger charge is 2.35. The van der Waals surface area contributed by atoms with E-state index >= 15 is 0 Å². The van der Waals surface area contributed by atoms with E-state index in [0.717, 1.165) is 0 Å². The standard InChI is InChI=1S/C13H16F3N3O3/c1-21-11-12(18-5-4-17-11)22-9-3-2-6-19(8-9)10(20)7-13(14,15)16/h4-5,9H,2-3,6-8H2,1H3. The van der Waals surface area contributed by atoms with Crippen LogP contribution in [0.15, 0.2) is 12.4 Å². The van der Waals surface area contributed by atoms with Crippen molar-refractivity contribution >= 4 is 5.91 Å². The number of hydrogen-bond donors (Lipinski definition) is 0. The third-order valence-corrected chi connectivity index (χ3v) is 3.19. The summed E-state index contributed by atoms with van der Waals surface area (Å²) in [7, 11) is 1.41. The van der Waals surface area contributed by atoms with Crippen LogP contribution in [0.3, 0.4) is 0 Å². The first-order valence-electron chi connectivity index (χ1n) is 6.75. The van der Waals surface area contributed by atoms with Crippen LogP contribution in [0.5, 0.6) is 11.8 Å². The number of methoxy groups -OCH3 is 1. The Balaban J connectivity index is 1.97. The van der Waals surface area contributed by atoms with Crippen molar-refractivity contribution in [2.75, 3.05) is 20.2 Å². The van der Waals surface area contributed by atoms with Crippen molar-refractivity contribution in [1.82, 2.24) is 14.9 Å². The second-order valence-corrected chi connectivity index (χ2v) is 4.88. The number of ether oxygens (including phenoxy) is 2. The number of rotatable bonds is 4. The van der Waals surface area contributed by atoms with Crippen molar-refractivity contribution in [1.29, 1.82) is 0 Å². The number of alkyl halides is 3. The molecule has 0 N–H and O–H groups in total. The molecular formula is C13H16F3N3O3. The molecular weight excluding hydrogens is 303 g/mol. The monoisotopic (exact) mass is 319 g/mol. The summed E-state index contributed by atoms with van der Waals surface area (Å²) in [5.74, 6) is -0.576. The summed E-state index contributed by atoms with van der Waals surface area (Å²) in [5, 5.41) is 0. The fraction of sp³-hybridized carbons (Fsp3) is 0.615. The maximum atomic E-state index is 12.3. The highest BCUT2D eigenvalue weighted by atomic mass is 19.4. The van der Waals surface area contributed by atoms with Crippen LogP contribution in [-0.4, -0.2) is 53.3 Å². The average molecular weight is 319 g/mol. The van der Waals surface area contributed by atoms with E-state index in [1.54, 1.807) is 0 Å². The summed E-state index contributed by atoms with van der Waals surface area (Å²) >= 11 is 0. The lowest BCUT2D eigenvalue weighted by Crippen LogP contribution is -2.45. The highest BCUT2D eigenvalue weighted by molar-refractivity contribution is 5.77. The maximum absolute atomic E-state index is 12.3. The van der Waals surface area contributed by atoms with E-state index in [9.17, 15) is 18.0 Å². The van der Waals surface area contributed by atoms with E-state index in [-0.39, 0.29) is 18.3 Å². The first-order valence-corrected chi connectivity index (χ1v) is 6.75. The molecule has 6 nitrogen and oxygen atoms in total. The molecule has 1 aliphatic heterocycles. The lowest BCUT2D eigenvalue weighted by Gasteiger charge is -2.32. The van der Waals surface area contributed by atoms with Gasteiger partial charge < -0.3 is 14.4 Å². The number of carbonyl (C=O) groups is 1. The number of amides is 1. The molecule has 2 heterocycles. The minimum absolute atomic E-state index is 0.0919. The Bertz CT molecular complexity index is 525. The van der Waals surface area contributed by atoms with Gasteiger partial charge in [0, 0.05) is 18.9 Å². The molecule has 1 atom stereocenters. The summed E-state index contributed by atoms with van der Waals surface area (Å²) in [6, 6.07) is 0. The molecule has 0 saturated carbocycles. The Morgan fingerprint density at radius 2 is 2.05 bits per heavy atom. The smallest absolute Gasteiger partial charge is 0.397 e. The molecule has 0 bridgehead atoms. The molecule has 0 aromatic carbocycles. The fourth-order valence-electron chi connectivity index (χ4n) is 2.24. The van der Waals surface area contributed by atoms with Crippen LogP contribution in [0.25, 0.3) is 0 Å². The van der Waals surface area contributed by atoms with Gasteiger partial charge in [0.15, 0.2) is 0 Å². The van der Waals surface area contributed by atoms with Crippen LogP contribution in [-0.2, 0) is 4.79 Å². The van der Waals surface area contributed by atoms with Crippen molar-refractivity contribution < 1.29 is 27.4 Å². The minimum Gasteiger partial charge on any atom is -0.477 e. The van der Waals surface area contributed by atoms with Gasteiger partial charge in [-0.2, -0.15) is 13.2 Å². The van der Waals surface area contributed by atoms with Crippen molar-refractivity contribution in [2.24, 2.45) is 0 Å². The van der Waals surface area contributed by atoms with Crippen LogP contribution >= 0.6 is 0 Å². The molecule has 122 valence electrons. The van der Waals surface area contributed by atoms with Crippen LogP contribution in [0.2, 0.25) is 0 Å². The number of nitrogens with zero attached hydrogens (tertiary/aromatic N) is 3. The first-order chi connectivity index (χ1) is 10.4. The molecule has 1 unspecified atom stereocenters. The lowest BCUT2D eigenvalue weighted by atomic mass is 10.1. The molecule has 0 radical (unpaired) electrons. The molecule has 1 fully saturated rings. The summed E-state index contributed by atoms with van der Waals surface area (Å²) in [5.41, 5.74) is 0. The molecule has 0 aliphatic carbocycles. The van der Waals surface area contributed by atoms with Gasteiger partial charge in [0.25, 0.3) is 11.8 Å². The van der Waals surface area contributed by atoms with E-state index in [1.165, 1.54) is 24.4 Å². The third-order valence-electron chi connectivity index (χ3n) is 3.19. The Hall–Kier alpha value is -2.06. The molecule has 1 aromatic rings. The van der Waals surface area contributed by atoms with E-state index < -0.39 is 24.6 Å². The number of carbonyl (C=O) groups excluding carboxylic acids is 1. The zero-order valence-corrected chi connectivity index (χ0v) is 12.0. The highest BCUT2D eigenvalue weighted by Crippen LogP contribution is 2.25. The van der Waals surface area contributed by atoms with E-state index in [1.807, 2.05) is 0 Å². The molecule has 1 saturated heterocycles. The topological polar surface area (TPSA) is 64.6 Å². The Kier molecular flexibility index (Phi) is 5.04. The number of likely N-dealkylation sites (tertiary alicyclic amines) is 1. The molecule has 0 spiro atoms. The minimum atomic E-state index is -4.50. The lowest BCUT2D eigenvalue weighted by molar-refractivity contribution is -0.163. The first kappa shape index (κ1) is 16.3. The van der Waals surface area contributed by atoms with Crippen LogP contribution in [0, 0.1) is 0 Å². The Morgan fingerprint density at radius 1 is 1.36 bits per heavy atom. The van der Waals surface area contributed by atoms with Gasteiger partial charge in [0.05, 0.1) is 13.7 Å². The van der Waals surface area contributed by atoms with Crippen LogP contribution in [0.4, 0.5) is 13.2 Å². The zero-order chi connectivity index (χ0) is 16.2. The molecule has 1 aromatic heterocycles. The van der Waals surface area contributed by atoms with Gasteiger partial charge in [-0.25, -0.2) is 9.97 Å². The number of hydrogen-bond acceptors (Lipinski definition) is 5. The van der Waals surface area contributed by atoms with Gasteiger partial charge in [0.2, 0.25) is 5.91 Å². The largest absolute Gasteiger partial charge is 0.477 e. The van der Waals surface area contributed by atoms with Gasteiger partial charge in [-0.1, -0.05) is 0 Å². The van der Waals surface area contributed by atoms with E-state index in [0.29, 0.717) is 19.4 Å². The maximum Gasteiger partial charge on any atom is 0.397 e. The average Bonchev–Trinajstić information content (AvgIpc) is 2.46. The second-order valence-electron chi connectivity index (χ2n) is 4.88. The zero-order valence-electron chi connectivity index (χ0n) is 12.0. The van der Waals surface area contributed by atoms with Gasteiger partial charge in [-0.05, 0) is 12.8 Å². The van der Waals surface area contributed by atoms with Crippen molar-refractivity contribution in [3.63, 3.8) is 0 Å². The van der Waals surface area contributed by atoms with Crippen LogP contribution < -0.4 is 9.47 Å². The van der Waals surface area contributed by atoms with E-state index in [2.05, 4.69) is 9.97 Å². The van der Waals surface area contributed by atoms with Gasteiger partial charge in [-0.3, -0.25) is 4.79 Å². The Morgan fingerprint density at radius 3 is 2.68 bits per heavy atom. The predicted octanol–water partition coefficient (Wildman–Crippen LogP) is 1.81. The predicted molar refractivity (Wildman–Crippen MR) is 69.5 cm³/mol. The quantitative estimate of drug-likeness (QED) is 0.847. The molecule has 1 aliphatic rings. The van der Waals surface area contributed by atoms with Gasteiger partial charge >= 0.3 is 6.18 Å². The summed E-state index contributed by atoms with van der Waals surface area (Å²) in [4.78, 5) is 20.7. The molecule has 22 heavy (non-hydrogen) atoms. The normalized spacial score (nSPS) is 18.9. The number of aromatic nitrogens is 2. The summed E-state index contributed by atoms with van der Waals surface area (Å²) < 4.78 is 47.5. The SMILES string of the molecule is COc1nccnc1OC1CCCN(C(=O)CC(F)(F)F)C1. The third kappa shape index (κ3) is 4.47. The summed E-state index contributed by atoms with van der Waals surface area (Å²) in [6.45, 7) is 0.390.